The van der Waals surface area contributed by atoms with Crippen molar-refractivity contribution < 1.29 is 14.1 Å². The number of piperidine rings is 1. The molecule has 1 unspecified atom stereocenters. The maximum atomic E-state index is 12.8. The lowest BCUT2D eigenvalue weighted by Gasteiger charge is -2.28. The Morgan fingerprint density at radius 1 is 1.41 bits per heavy atom. The van der Waals surface area contributed by atoms with E-state index in [4.69, 9.17) is 5.73 Å². The fourth-order valence-corrected chi connectivity index (χ4v) is 2.45. The summed E-state index contributed by atoms with van der Waals surface area (Å²) in [4.78, 5) is 12.5. The Hall–Kier alpha value is -1.42. The molecule has 0 aromatic heterocycles. The zero-order chi connectivity index (χ0) is 12.3. The Morgan fingerprint density at radius 3 is 2.76 bits per heavy atom. The molecule has 0 saturated carbocycles. The zero-order valence-corrected chi connectivity index (χ0v) is 9.79. The summed E-state index contributed by atoms with van der Waals surface area (Å²) in [5.74, 6) is -0.405. The SMILES string of the molecule is NC(=O)[C@H]1CCC[NH+](Cc2ccc(F)cc2)C1. The van der Waals surface area contributed by atoms with Gasteiger partial charge in [-0.05, 0) is 25.0 Å². The van der Waals surface area contributed by atoms with Crippen molar-refractivity contribution in [1.82, 2.24) is 0 Å². The predicted molar refractivity (Wildman–Crippen MR) is 62.7 cm³/mol. The highest BCUT2D eigenvalue weighted by Crippen LogP contribution is 2.07. The lowest BCUT2D eigenvalue weighted by atomic mass is 9.97. The number of hydrogen-bond donors (Lipinski definition) is 2. The van der Waals surface area contributed by atoms with Crippen LogP contribution in [0.1, 0.15) is 18.4 Å². The highest BCUT2D eigenvalue weighted by atomic mass is 19.1. The standard InChI is InChI=1S/C13H17FN2O/c14-12-5-3-10(4-6-12)8-16-7-1-2-11(9-16)13(15)17/h3-6,11H,1-2,7-9H2,(H2,15,17)/p+1/t11-/m0/s1. The van der Waals surface area contributed by atoms with Crippen molar-refractivity contribution in [3.63, 3.8) is 0 Å². The molecule has 1 aromatic rings. The first-order chi connectivity index (χ1) is 8.15. The smallest absolute Gasteiger partial charge is 0.226 e. The number of nitrogens with one attached hydrogen (secondary N) is 1. The van der Waals surface area contributed by atoms with E-state index in [1.165, 1.54) is 17.0 Å². The van der Waals surface area contributed by atoms with E-state index in [0.717, 1.165) is 38.0 Å². The second-order valence-corrected chi connectivity index (χ2v) is 4.75. The summed E-state index contributed by atoms with van der Waals surface area (Å²) in [6.07, 6.45) is 1.94. The van der Waals surface area contributed by atoms with Crippen LogP contribution in [-0.2, 0) is 11.3 Å². The van der Waals surface area contributed by atoms with Crippen molar-refractivity contribution in [2.75, 3.05) is 13.1 Å². The third-order valence-corrected chi connectivity index (χ3v) is 3.39. The number of likely N-dealkylation sites (tertiary alicyclic amines) is 1. The van der Waals surface area contributed by atoms with Crippen LogP contribution < -0.4 is 10.6 Å². The summed E-state index contributed by atoms with van der Waals surface area (Å²) in [6.45, 7) is 2.69. The molecule has 1 aromatic carbocycles. The van der Waals surface area contributed by atoms with Crippen LogP contribution >= 0.6 is 0 Å². The monoisotopic (exact) mass is 237 g/mol. The second-order valence-electron chi connectivity index (χ2n) is 4.75. The minimum Gasteiger partial charge on any atom is -0.369 e. The van der Waals surface area contributed by atoms with Gasteiger partial charge in [-0.3, -0.25) is 4.79 Å². The Morgan fingerprint density at radius 2 is 2.12 bits per heavy atom. The van der Waals surface area contributed by atoms with E-state index < -0.39 is 0 Å². The molecule has 3 nitrogen and oxygen atoms in total. The van der Waals surface area contributed by atoms with Crippen LogP contribution in [0, 0.1) is 11.7 Å². The van der Waals surface area contributed by atoms with Gasteiger partial charge < -0.3 is 10.6 Å². The van der Waals surface area contributed by atoms with Gasteiger partial charge in [-0.15, -0.1) is 0 Å². The minimum absolute atomic E-state index is 0.000742. The second kappa shape index (κ2) is 5.27. The largest absolute Gasteiger partial charge is 0.369 e. The van der Waals surface area contributed by atoms with E-state index in [1.54, 1.807) is 12.1 Å². The van der Waals surface area contributed by atoms with Gasteiger partial charge in [-0.25, -0.2) is 4.39 Å². The molecule has 1 amide bonds. The Labute approximate surface area is 100 Å². The van der Waals surface area contributed by atoms with Gasteiger partial charge in [-0.2, -0.15) is 0 Å². The molecule has 1 aliphatic heterocycles. The molecule has 92 valence electrons. The van der Waals surface area contributed by atoms with Gasteiger partial charge in [0.05, 0.1) is 19.0 Å². The molecular weight excluding hydrogens is 219 g/mol. The van der Waals surface area contributed by atoms with Gasteiger partial charge >= 0.3 is 0 Å². The molecule has 0 aliphatic carbocycles. The van der Waals surface area contributed by atoms with Gasteiger partial charge in [0.25, 0.3) is 0 Å². The molecule has 0 radical (unpaired) electrons. The third kappa shape index (κ3) is 3.27. The fourth-order valence-electron chi connectivity index (χ4n) is 2.45. The molecule has 1 fully saturated rings. The Balaban J connectivity index is 1.94. The number of quaternary nitrogens is 1. The van der Waals surface area contributed by atoms with E-state index in [-0.39, 0.29) is 17.6 Å². The first-order valence-corrected chi connectivity index (χ1v) is 6.02. The number of primary amides is 1. The van der Waals surface area contributed by atoms with Crippen molar-refractivity contribution in [2.45, 2.75) is 19.4 Å². The summed E-state index contributed by atoms with van der Waals surface area (Å²) in [5, 5.41) is 0. The number of halogens is 1. The lowest BCUT2D eigenvalue weighted by Crippen LogP contribution is -3.12. The number of carbonyl (C=O) groups excluding carboxylic acids is 1. The summed E-state index contributed by atoms with van der Waals surface area (Å²) in [5.41, 5.74) is 6.44. The highest BCUT2D eigenvalue weighted by Gasteiger charge is 2.26. The molecular formula is C13H18FN2O+. The molecule has 1 saturated heterocycles. The van der Waals surface area contributed by atoms with Crippen LogP contribution in [0.3, 0.4) is 0 Å². The first kappa shape index (κ1) is 12.0. The molecule has 2 atom stereocenters. The molecule has 2 rings (SSSR count). The normalized spacial score (nSPS) is 24.5. The van der Waals surface area contributed by atoms with E-state index >= 15 is 0 Å². The van der Waals surface area contributed by atoms with Gasteiger partial charge in [0, 0.05) is 5.56 Å². The summed E-state index contributed by atoms with van der Waals surface area (Å²) in [7, 11) is 0. The summed E-state index contributed by atoms with van der Waals surface area (Å²) < 4.78 is 12.8. The van der Waals surface area contributed by atoms with Gasteiger partial charge in [0.15, 0.2) is 0 Å². The molecule has 4 heteroatoms. The Bertz CT molecular complexity index is 391. The minimum atomic E-state index is -0.211. The van der Waals surface area contributed by atoms with Crippen molar-refractivity contribution in [1.29, 1.82) is 0 Å². The summed E-state index contributed by atoms with van der Waals surface area (Å²) in [6, 6.07) is 6.56. The first-order valence-electron chi connectivity index (χ1n) is 6.02. The van der Waals surface area contributed by atoms with Crippen LogP contribution in [0.2, 0.25) is 0 Å². The van der Waals surface area contributed by atoms with Gasteiger partial charge in [-0.1, -0.05) is 12.1 Å². The average molecular weight is 237 g/mol. The quantitative estimate of drug-likeness (QED) is 0.770. The van der Waals surface area contributed by atoms with Crippen molar-refractivity contribution in [3.8, 4) is 0 Å². The van der Waals surface area contributed by atoms with Crippen LogP contribution in [0.15, 0.2) is 24.3 Å². The number of benzene rings is 1. The van der Waals surface area contributed by atoms with Crippen LogP contribution in [0.5, 0.6) is 0 Å². The number of nitrogens with two attached hydrogens (primary N) is 1. The topological polar surface area (TPSA) is 47.5 Å². The number of rotatable bonds is 3. The third-order valence-electron chi connectivity index (χ3n) is 3.39. The highest BCUT2D eigenvalue weighted by molar-refractivity contribution is 5.76. The van der Waals surface area contributed by atoms with Crippen LogP contribution in [0.25, 0.3) is 0 Å². The lowest BCUT2D eigenvalue weighted by molar-refractivity contribution is -0.921. The molecule has 0 spiro atoms. The van der Waals surface area contributed by atoms with Gasteiger partial charge in [0.1, 0.15) is 12.4 Å². The van der Waals surface area contributed by atoms with Crippen molar-refractivity contribution >= 4 is 5.91 Å². The summed E-state index contributed by atoms with van der Waals surface area (Å²) >= 11 is 0. The molecule has 3 N–H and O–H groups in total. The van der Waals surface area contributed by atoms with Crippen molar-refractivity contribution in [2.24, 2.45) is 11.7 Å². The van der Waals surface area contributed by atoms with E-state index in [0.29, 0.717) is 0 Å². The number of amides is 1. The molecule has 1 aliphatic rings. The van der Waals surface area contributed by atoms with Gasteiger partial charge in [0.2, 0.25) is 5.91 Å². The number of carbonyl (C=O) groups is 1. The van der Waals surface area contributed by atoms with Crippen LogP contribution in [0.4, 0.5) is 4.39 Å². The Kier molecular flexibility index (Phi) is 3.74. The van der Waals surface area contributed by atoms with E-state index in [2.05, 4.69) is 0 Å². The molecule has 0 bridgehead atoms. The zero-order valence-electron chi connectivity index (χ0n) is 9.79. The maximum Gasteiger partial charge on any atom is 0.226 e. The average Bonchev–Trinajstić information content (AvgIpc) is 2.32. The maximum absolute atomic E-state index is 12.8. The molecule has 1 heterocycles. The predicted octanol–water partition coefficient (Wildman–Crippen LogP) is 0.106. The van der Waals surface area contributed by atoms with E-state index in [1.807, 2.05) is 0 Å². The van der Waals surface area contributed by atoms with Crippen LogP contribution in [-0.4, -0.2) is 19.0 Å². The van der Waals surface area contributed by atoms with E-state index in [9.17, 15) is 9.18 Å². The fraction of sp³-hybridized carbons (Fsp3) is 0.462. The molecule has 17 heavy (non-hydrogen) atoms. The number of hydrogen-bond acceptors (Lipinski definition) is 1. The van der Waals surface area contributed by atoms with Crippen molar-refractivity contribution in [3.05, 3.63) is 35.6 Å².